The van der Waals surface area contributed by atoms with E-state index in [1.807, 2.05) is 36.2 Å². The highest BCUT2D eigenvalue weighted by molar-refractivity contribution is 9.10. The zero-order valence-corrected chi connectivity index (χ0v) is 12.6. The Morgan fingerprint density at radius 3 is 2.50 bits per heavy atom. The molecule has 2 rings (SSSR count). The molecule has 2 aromatic rings. The van der Waals surface area contributed by atoms with Crippen molar-refractivity contribution < 1.29 is 4.39 Å². The monoisotopic (exact) mass is 335 g/mol. The molecule has 0 saturated heterocycles. The number of nitrogens with two attached hydrogens (primary N) is 1. The van der Waals surface area contributed by atoms with Crippen molar-refractivity contribution in [3.8, 4) is 0 Å². The van der Waals surface area contributed by atoms with Crippen molar-refractivity contribution in [2.24, 2.45) is 5.73 Å². The molecule has 0 heterocycles. The lowest BCUT2D eigenvalue weighted by atomic mass is 10.1. The van der Waals surface area contributed by atoms with Gasteiger partial charge < -0.3 is 10.6 Å². The number of nitrogens with zero attached hydrogens (tertiary/aromatic N) is 1. The summed E-state index contributed by atoms with van der Waals surface area (Å²) in [5, 5.41) is 7.55. The third kappa shape index (κ3) is 3.36. The number of nitrogen functional groups attached to an aromatic ring is 1. The molecular formula is C15H15BrFN3. The zero-order valence-electron chi connectivity index (χ0n) is 11.0. The molecule has 0 aliphatic heterocycles. The Hall–Kier alpha value is -1.88. The Bertz CT molecular complexity index is 626. The molecule has 3 N–H and O–H groups in total. The zero-order chi connectivity index (χ0) is 14.7. The molecule has 0 aliphatic rings. The van der Waals surface area contributed by atoms with Gasteiger partial charge in [-0.2, -0.15) is 0 Å². The van der Waals surface area contributed by atoms with Crippen molar-refractivity contribution in [3.63, 3.8) is 0 Å². The molecule has 0 fully saturated rings. The van der Waals surface area contributed by atoms with Crippen LogP contribution in [0.15, 0.2) is 46.9 Å². The van der Waals surface area contributed by atoms with Gasteiger partial charge in [-0.25, -0.2) is 4.39 Å². The first-order chi connectivity index (χ1) is 9.47. The number of halogens is 2. The average molecular weight is 336 g/mol. The largest absolute Gasteiger partial charge is 0.384 e. The van der Waals surface area contributed by atoms with Crippen LogP contribution in [0.2, 0.25) is 0 Å². The SMILES string of the molecule is CN(Cc1ccc(Br)cc1)c1ccc(F)cc1C(=N)N. The van der Waals surface area contributed by atoms with Crippen LogP contribution in [-0.4, -0.2) is 12.9 Å². The maximum Gasteiger partial charge on any atom is 0.125 e. The number of rotatable bonds is 4. The maximum atomic E-state index is 13.3. The van der Waals surface area contributed by atoms with E-state index in [-0.39, 0.29) is 5.84 Å². The summed E-state index contributed by atoms with van der Waals surface area (Å²) in [6.45, 7) is 0.652. The van der Waals surface area contributed by atoms with E-state index in [0.29, 0.717) is 12.1 Å². The van der Waals surface area contributed by atoms with Crippen molar-refractivity contribution in [2.75, 3.05) is 11.9 Å². The fraction of sp³-hybridized carbons (Fsp3) is 0.133. The first-order valence-corrected chi connectivity index (χ1v) is 6.86. The predicted octanol–water partition coefficient (Wildman–Crippen LogP) is 3.51. The number of anilines is 1. The number of hydrogen-bond acceptors (Lipinski definition) is 2. The Morgan fingerprint density at radius 1 is 1.25 bits per heavy atom. The smallest absolute Gasteiger partial charge is 0.125 e. The van der Waals surface area contributed by atoms with Crippen LogP contribution < -0.4 is 10.6 Å². The Kier molecular flexibility index (Phi) is 4.39. The van der Waals surface area contributed by atoms with Crippen molar-refractivity contribution >= 4 is 27.5 Å². The normalized spacial score (nSPS) is 10.3. The van der Waals surface area contributed by atoms with Gasteiger partial charge in [-0.05, 0) is 35.9 Å². The molecule has 3 nitrogen and oxygen atoms in total. The molecule has 0 radical (unpaired) electrons. The van der Waals surface area contributed by atoms with Gasteiger partial charge in [0.1, 0.15) is 11.7 Å². The molecule has 0 aliphatic carbocycles. The molecular weight excluding hydrogens is 321 g/mol. The lowest BCUT2D eigenvalue weighted by Crippen LogP contribution is -2.22. The summed E-state index contributed by atoms with van der Waals surface area (Å²) in [7, 11) is 1.89. The van der Waals surface area contributed by atoms with Crippen LogP contribution in [0.4, 0.5) is 10.1 Å². The molecule has 0 aromatic heterocycles. The van der Waals surface area contributed by atoms with E-state index in [1.54, 1.807) is 6.07 Å². The third-order valence-corrected chi connectivity index (χ3v) is 3.52. The summed E-state index contributed by atoms with van der Waals surface area (Å²) in [6.07, 6.45) is 0. The summed E-state index contributed by atoms with van der Waals surface area (Å²) < 4.78 is 14.3. The second-order valence-electron chi connectivity index (χ2n) is 4.56. The number of hydrogen-bond donors (Lipinski definition) is 2. The Balaban J connectivity index is 2.27. The van der Waals surface area contributed by atoms with Gasteiger partial charge in [0.2, 0.25) is 0 Å². The minimum Gasteiger partial charge on any atom is -0.384 e. The minimum absolute atomic E-state index is 0.137. The molecule has 0 amide bonds. The van der Waals surface area contributed by atoms with E-state index in [2.05, 4.69) is 15.9 Å². The van der Waals surface area contributed by atoms with Gasteiger partial charge in [-0.1, -0.05) is 28.1 Å². The van der Waals surface area contributed by atoms with Crippen molar-refractivity contribution in [1.29, 1.82) is 5.41 Å². The van der Waals surface area contributed by atoms with Crippen LogP contribution in [0.25, 0.3) is 0 Å². The maximum absolute atomic E-state index is 13.3. The first-order valence-electron chi connectivity index (χ1n) is 6.07. The molecule has 0 spiro atoms. The number of nitrogens with one attached hydrogen (secondary N) is 1. The fourth-order valence-corrected chi connectivity index (χ4v) is 2.27. The molecule has 0 atom stereocenters. The minimum atomic E-state index is -0.393. The molecule has 5 heteroatoms. The van der Waals surface area contributed by atoms with Gasteiger partial charge in [0, 0.05) is 29.3 Å². The average Bonchev–Trinajstić information content (AvgIpc) is 2.41. The Labute approximate surface area is 125 Å². The summed E-state index contributed by atoms with van der Waals surface area (Å²) >= 11 is 3.40. The second-order valence-corrected chi connectivity index (χ2v) is 5.47. The summed E-state index contributed by atoms with van der Waals surface area (Å²) in [6, 6.07) is 12.3. The first kappa shape index (κ1) is 14.5. The lowest BCUT2D eigenvalue weighted by Gasteiger charge is -2.22. The molecule has 0 bridgehead atoms. The number of benzene rings is 2. The van der Waals surface area contributed by atoms with E-state index in [4.69, 9.17) is 11.1 Å². The molecule has 104 valence electrons. The second kappa shape index (κ2) is 6.05. The van der Waals surface area contributed by atoms with E-state index < -0.39 is 5.82 Å². The van der Waals surface area contributed by atoms with Crippen LogP contribution in [0.5, 0.6) is 0 Å². The van der Waals surface area contributed by atoms with Crippen LogP contribution in [0.3, 0.4) is 0 Å². The lowest BCUT2D eigenvalue weighted by molar-refractivity contribution is 0.627. The van der Waals surface area contributed by atoms with Crippen LogP contribution >= 0.6 is 15.9 Å². The standard InChI is InChI=1S/C15H15BrFN3/c1-20(9-10-2-4-11(16)5-3-10)14-7-6-12(17)8-13(14)15(18)19/h2-8H,9H2,1H3,(H3,18,19). The van der Waals surface area contributed by atoms with Gasteiger partial charge in [-0.15, -0.1) is 0 Å². The molecule has 20 heavy (non-hydrogen) atoms. The van der Waals surface area contributed by atoms with Crippen LogP contribution in [0.1, 0.15) is 11.1 Å². The highest BCUT2D eigenvalue weighted by atomic mass is 79.9. The van der Waals surface area contributed by atoms with E-state index >= 15 is 0 Å². The van der Waals surface area contributed by atoms with Gasteiger partial charge >= 0.3 is 0 Å². The van der Waals surface area contributed by atoms with Gasteiger partial charge in [-0.3, -0.25) is 5.41 Å². The van der Waals surface area contributed by atoms with E-state index in [0.717, 1.165) is 15.7 Å². The fourth-order valence-electron chi connectivity index (χ4n) is 2.01. The summed E-state index contributed by atoms with van der Waals surface area (Å²) in [5.74, 6) is -0.529. The highest BCUT2D eigenvalue weighted by Crippen LogP contribution is 2.22. The van der Waals surface area contributed by atoms with Gasteiger partial charge in [0.25, 0.3) is 0 Å². The molecule has 0 saturated carbocycles. The Morgan fingerprint density at radius 2 is 1.90 bits per heavy atom. The molecule has 0 unspecified atom stereocenters. The van der Waals surface area contributed by atoms with Crippen molar-refractivity contribution in [1.82, 2.24) is 0 Å². The highest BCUT2D eigenvalue weighted by Gasteiger charge is 2.11. The third-order valence-electron chi connectivity index (χ3n) is 2.99. The van der Waals surface area contributed by atoms with Crippen molar-refractivity contribution in [3.05, 3.63) is 63.9 Å². The summed E-state index contributed by atoms with van der Waals surface area (Å²) in [4.78, 5) is 1.94. The quantitative estimate of drug-likeness (QED) is 0.663. The predicted molar refractivity (Wildman–Crippen MR) is 83.7 cm³/mol. The van der Waals surface area contributed by atoms with E-state index in [1.165, 1.54) is 12.1 Å². The number of amidine groups is 1. The van der Waals surface area contributed by atoms with Crippen LogP contribution in [0, 0.1) is 11.2 Å². The molecule has 2 aromatic carbocycles. The van der Waals surface area contributed by atoms with E-state index in [9.17, 15) is 4.39 Å². The van der Waals surface area contributed by atoms with Gasteiger partial charge in [0.15, 0.2) is 0 Å². The van der Waals surface area contributed by atoms with Crippen molar-refractivity contribution in [2.45, 2.75) is 6.54 Å². The van der Waals surface area contributed by atoms with Gasteiger partial charge in [0.05, 0.1) is 0 Å². The van der Waals surface area contributed by atoms with Crippen LogP contribution in [-0.2, 0) is 6.54 Å². The topological polar surface area (TPSA) is 53.1 Å². The summed E-state index contributed by atoms with van der Waals surface area (Å²) in [5.41, 5.74) is 7.78.